The summed E-state index contributed by atoms with van der Waals surface area (Å²) in [5, 5.41) is 0. The van der Waals surface area contributed by atoms with Crippen LogP contribution in [0.15, 0.2) is 54.1 Å². The molecule has 12 atom stereocenters. The van der Waals surface area contributed by atoms with Gasteiger partial charge in [0, 0.05) is 24.9 Å². The Kier molecular flexibility index (Phi) is 10.8. The van der Waals surface area contributed by atoms with Gasteiger partial charge in [-0.2, -0.15) is 0 Å². The molecule has 4 aliphatic carbocycles. The first-order valence-electron chi connectivity index (χ1n) is 20.0. The predicted molar refractivity (Wildman–Crippen MR) is 203 cm³/mol. The van der Waals surface area contributed by atoms with E-state index in [1.54, 1.807) is 5.57 Å². The molecule has 52 heavy (non-hydrogen) atoms. The molecular formula is C45H66O7. The number of hydrogen-bond donors (Lipinski definition) is 0. The van der Waals surface area contributed by atoms with E-state index in [2.05, 4.69) is 61.1 Å². The fourth-order valence-electron chi connectivity index (χ4n) is 12.4. The summed E-state index contributed by atoms with van der Waals surface area (Å²) < 4.78 is 31.5. The molecule has 5 aliphatic rings. The SMILES string of the molecule is C=C(COC(C)=O)C(C)O[C@H]1[C@H](OC)C[C@@]23COCC1(C)[C@@H]2CC[C@H]1C3=CC[C@@]2(C)[C@H](C(=O)OCc3ccccc3)[C@@](C)([C@H](C)C(C)C)CC[C@]12C. The van der Waals surface area contributed by atoms with Crippen LogP contribution in [0.2, 0.25) is 0 Å². The van der Waals surface area contributed by atoms with Gasteiger partial charge in [-0.3, -0.25) is 9.59 Å². The van der Waals surface area contributed by atoms with Gasteiger partial charge in [-0.05, 0) is 96.5 Å². The number of carbonyl (C=O) groups excluding carboxylic acids is 2. The molecule has 1 aromatic carbocycles. The Morgan fingerprint density at radius 2 is 1.67 bits per heavy atom. The fourth-order valence-corrected chi connectivity index (χ4v) is 12.4. The number of methoxy groups -OCH3 is 1. The molecule has 0 amide bonds. The van der Waals surface area contributed by atoms with E-state index in [0.29, 0.717) is 43.5 Å². The van der Waals surface area contributed by atoms with Crippen LogP contribution in [0.3, 0.4) is 0 Å². The molecule has 7 heteroatoms. The third-order valence-corrected chi connectivity index (χ3v) is 16.0. The van der Waals surface area contributed by atoms with Crippen molar-refractivity contribution in [3.05, 3.63) is 59.7 Å². The highest BCUT2D eigenvalue weighted by Gasteiger charge is 2.72. The molecule has 2 bridgehead atoms. The van der Waals surface area contributed by atoms with Crippen molar-refractivity contribution in [2.75, 3.05) is 26.9 Å². The van der Waals surface area contributed by atoms with E-state index in [1.165, 1.54) is 6.92 Å². The molecule has 1 saturated heterocycles. The summed E-state index contributed by atoms with van der Waals surface area (Å²) in [6, 6.07) is 10.1. The molecule has 0 aromatic heterocycles. The number of ether oxygens (including phenoxy) is 5. The summed E-state index contributed by atoms with van der Waals surface area (Å²) in [7, 11) is 1.81. The van der Waals surface area contributed by atoms with Gasteiger partial charge in [-0.1, -0.05) is 97.0 Å². The Bertz CT molecular complexity index is 1530. The monoisotopic (exact) mass is 718 g/mol. The normalized spacial score (nSPS) is 40.7. The maximum absolute atomic E-state index is 14.7. The maximum atomic E-state index is 14.7. The van der Waals surface area contributed by atoms with Gasteiger partial charge >= 0.3 is 11.9 Å². The average Bonchev–Trinajstić information content (AvgIpc) is 3.11. The number of carbonyl (C=O) groups is 2. The second kappa shape index (κ2) is 14.3. The lowest BCUT2D eigenvalue weighted by molar-refractivity contribution is -0.272. The van der Waals surface area contributed by atoms with Gasteiger partial charge in [-0.15, -0.1) is 0 Å². The largest absolute Gasteiger partial charge is 0.461 e. The van der Waals surface area contributed by atoms with Crippen LogP contribution in [0, 0.1) is 56.7 Å². The third-order valence-electron chi connectivity index (χ3n) is 16.0. The lowest BCUT2D eigenvalue weighted by Gasteiger charge is -2.71. The van der Waals surface area contributed by atoms with Crippen LogP contribution in [0.1, 0.15) is 106 Å². The predicted octanol–water partition coefficient (Wildman–Crippen LogP) is 9.14. The highest BCUT2D eigenvalue weighted by atomic mass is 16.6. The Balaban J connectivity index is 1.35. The molecule has 2 unspecified atom stereocenters. The van der Waals surface area contributed by atoms with Gasteiger partial charge in [0.25, 0.3) is 0 Å². The van der Waals surface area contributed by atoms with Crippen LogP contribution in [-0.2, 0) is 39.9 Å². The summed E-state index contributed by atoms with van der Waals surface area (Å²) in [6.07, 6.45) is 7.86. The van der Waals surface area contributed by atoms with Crippen LogP contribution in [0.4, 0.5) is 0 Å². The van der Waals surface area contributed by atoms with Crippen LogP contribution in [0.5, 0.6) is 0 Å². The number of hydrogen-bond acceptors (Lipinski definition) is 7. The Morgan fingerprint density at radius 3 is 2.33 bits per heavy atom. The fraction of sp³-hybridized carbons (Fsp3) is 0.733. The number of benzene rings is 1. The standard InChI is InChI=1S/C45H66O7/c1-28(2)30(4)41(7)21-22-43(9)34-17-18-37-42(8)26-49-27-45(37,23-36(48-11)39(42)52-31(5)29(3)24-50-32(6)46)35(34)19-20-44(43,10)38(41)40(47)51-25-33-15-13-12-14-16-33/h12-16,19,28,30-31,34,36-39H,3,17-18,20-27H2,1-2,4-11H3/t30-,31?,34+,36-,37+,38-,39+,41-,42?,43-,44+,45+/m1/s1. The van der Waals surface area contributed by atoms with E-state index in [-0.39, 0.29) is 69.9 Å². The molecule has 0 N–H and O–H groups in total. The van der Waals surface area contributed by atoms with Gasteiger partial charge in [0.2, 0.25) is 0 Å². The van der Waals surface area contributed by atoms with E-state index >= 15 is 0 Å². The summed E-state index contributed by atoms with van der Waals surface area (Å²) in [4.78, 5) is 26.2. The van der Waals surface area contributed by atoms with Crippen molar-refractivity contribution < 1.29 is 33.3 Å². The minimum Gasteiger partial charge on any atom is -0.461 e. The molecule has 1 heterocycles. The molecule has 7 nitrogen and oxygen atoms in total. The van der Waals surface area contributed by atoms with Crippen molar-refractivity contribution in [2.24, 2.45) is 56.7 Å². The second-order valence-electron chi connectivity index (χ2n) is 18.7. The van der Waals surface area contributed by atoms with E-state index in [1.807, 2.05) is 44.4 Å². The van der Waals surface area contributed by atoms with Crippen molar-refractivity contribution in [3.8, 4) is 0 Å². The van der Waals surface area contributed by atoms with Crippen LogP contribution in [0.25, 0.3) is 0 Å². The van der Waals surface area contributed by atoms with Crippen molar-refractivity contribution in [2.45, 2.75) is 126 Å². The lowest BCUT2D eigenvalue weighted by atomic mass is 9.34. The van der Waals surface area contributed by atoms with Crippen molar-refractivity contribution in [1.82, 2.24) is 0 Å². The molecule has 3 saturated carbocycles. The summed E-state index contributed by atoms with van der Waals surface area (Å²) in [6.45, 7) is 26.0. The van der Waals surface area contributed by atoms with Gasteiger partial charge in [-0.25, -0.2) is 0 Å². The Labute approximate surface area is 313 Å². The zero-order chi connectivity index (χ0) is 37.9. The first kappa shape index (κ1) is 39.2. The number of rotatable bonds is 11. The molecule has 0 spiro atoms. The Hall–Kier alpha value is -2.48. The van der Waals surface area contributed by atoms with Crippen LogP contribution >= 0.6 is 0 Å². The topological polar surface area (TPSA) is 80.3 Å². The molecule has 6 rings (SSSR count). The van der Waals surface area contributed by atoms with Gasteiger partial charge in [0.1, 0.15) is 13.2 Å². The molecular weight excluding hydrogens is 652 g/mol. The average molecular weight is 719 g/mol. The summed E-state index contributed by atoms with van der Waals surface area (Å²) in [5.41, 5.74) is 2.33. The second-order valence-corrected chi connectivity index (χ2v) is 18.7. The third kappa shape index (κ3) is 6.13. The smallest absolute Gasteiger partial charge is 0.310 e. The molecule has 4 fully saturated rings. The van der Waals surface area contributed by atoms with Crippen LogP contribution < -0.4 is 0 Å². The first-order valence-corrected chi connectivity index (χ1v) is 20.0. The summed E-state index contributed by atoms with van der Waals surface area (Å²) >= 11 is 0. The zero-order valence-corrected chi connectivity index (χ0v) is 33.7. The molecule has 0 radical (unpaired) electrons. The maximum Gasteiger partial charge on any atom is 0.310 e. The number of fused-ring (bicyclic) bond motifs is 3. The molecule has 288 valence electrons. The molecule has 1 aliphatic heterocycles. The highest BCUT2D eigenvalue weighted by Crippen LogP contribution is 2.75. The van der Waals surface area contributed by atoms with E-state index in [9.17, 15) is 9.59 Å². The highest BCUT2D eigenvalue weighted by molar-refractivity contribution is 5.75. The van der Waals surface area contributed by atoms with Gasteiger partial charge in [0.05, 0.1) is 37.4 Å². The van der Waals surface area contributed by atoms with Gasteiger partial charge in [0.15, 0.2) is 0 Å². The lowest BCUT2D eigenvalue weighted by Crippen LogP contribution is -2.70. The minimum atomic E-state index is -0.326. The number of allylic oxidation sites excluding steroid dienone is 1. The first-order chi connectivity index (χ1) is 24.5. The van der Waals surface area contributed by atoms with Gasteiger partial charge < -0.3 is 23.7 Å². The number of esters is 2. The molecule has 1 aromatic rings. The van der Waals surface area contributed by atoms with Crippen molar-refractivity contribution >= 4 is 11.9 Å². The zero-order valence-electron chi connectivity index (χ0n) is 33.7. The minimum absolute atomic E-state index is 0.0360. The van der Waals surface area contributed by atoms with E-state index in [4.69, 9.17) is 23.7 Å². The van der Waals surface area contributed by atoms with Crippen LogP contribution in [-0.4, -0.2) is 57.2 Å². The Morgan fingerprint density at radius 1 is 0.962 bits per heavy atom. The van der Waals surface area contributed by atoms with Crippen molar-refractivity contribution in [1.29, 1.82) is 0 Å². The van der Waals surface area contributed by atoms with Crippen molar-refractivity contribution in [3.63, 3.8) is 0 Å². The quantitative estimate of drug-likeness (QED) is 0.167. The summed E-state index contributed by atoms with van der Waals surface area (Å²) in [5.74, 6) is 0.941. The van der Waals surface area contributed by atoms with E-state index < -0.39 is 0 Å². The van der Waals surface area contributed by atoms with E-state index in [0.717, 1.165) is 49.7 Å².